The van der Waals surface area contributed by atoms with Crippen molar-refractivity contribution in [2.24, 2.45) is 5.73 Å². The van der Waals surface area contributed by atoms with Crippen molar-refractivity contribution in [3.63, 3.8) is 0 Å². The van der Waals surface area contributed by atoms with Crippen LogP contribution in [0.2, 0.25) is 5.02 Å². The van der Waals surface area contributed by atoms with Gasteiger partial charge in [-0.05, 0) is 55.5 Å². The van der Waals surface area contributed by atoms with Gasteiger partial charge in [0.05, 0.1) is 6.61 Å². The van der Waals surface area contributed by atoms with Crippen LogP contribution >= 0.6 is 11.6 Å². The lowest BCUT2D eigenvalue weighted by molar-refractivity contribution is 0.314. The molecule has 0 saturated heterocycles. The first-order valence-electron chi connectivity index (χ1n) is 5.45. The van der Waals surface area contributed by atoms with E-state index in [2.05, 4.69) is 0 Å². The van der Waals surface area contributed by atoms with Crippen molar-refractivity contribution in [2.75, 3.05) is 13.2 Å². The minimum absolute atomic E-state index is 0.635. The van der Waals surface area contributed by atoms with Crippen LogP contribution in [0.5, 0.6) is 5.75 Å². The number of fused-ring (bicyclic) bond motifs is 1. The number of ether oxygens (including phenoxy) is 1. The van der Waals surface area contributed by atoms with Gasteiger partial charge in [0, 0.05) is 5.02 Å². The Bertz CT molecular complexity index is 352. The third-order valence-corrected chi connectivity index (χ3v) is 2.93. The van der Waals surface area contributed by atoms with Gasteiger partial charge in [-0.1, -0.05) is 11.6 Å². The van der Waals surface area contributed by atoms with Crippen molar-refractivity contribution in [1.29, 1.82) is 0 Å². The Morgan fingerprint density at radius 3 is 3.00 bits per heavy atom. The SMILES string of the molecule is NCCc1cc(Cl)cc2c1OCCCC2. The smallest absolute Gasteiger partial charge is 0.125 e. The molecule has 0 unspecified atom stereocenters. The summed E-state index contributed by atoms with van der Waals surface area (Å²) in [4.78, 5) is 0. The lowest BCUT2D eigenvalue weighted by atomic mass is 10.0. The first-order valence-corrected chi connectivity index (χ1v) is 5.83. The maximum absolute atomic E-state index is 6.07. The summed E-state index contributed by atoms with van der Waals surface area (Å²) in [6, 6.07) is 3.99. The van der Waals surface area contributed by atoms with E-state index in [0.717, 1.165) is 42.2 Å². The molecule has 1 aromatic carbocycles. The van der Waals surface area contributed by atoms with E-state index in [1.807, 2.05) is 12.1 Å². The molecular weight excluding hydrogens is 210 g/mol. The van der Waals surface area contributed by atoms with Crippen molar-refractivity contribution >= 4 is 11.6 Å². The number of hydrogen-bond donors (Lipinski definition) is 1. The molecule has 1 aromatic rings. The van der Waals surface area contributed by atoms with Crippen LogP contribution in [0.25, 0.3) is 0 Å². The Hall–Kier alpha value is -0.730. The van der Waals surface area contributed by atoms with Gasteiger partial charge >= 0.3 is 0 Å². The maximum atomic E-state index is 6.07. The molecule has 2 rings (SSSR count). The van der Waals surface area contributed by atoms with E-state index in [1.165, 1.54) is 12.0 Å². The minimum Gasteiger partial charge on any atom is -0.493 e. The fourth-order valence-electron chi connectivity index (χ4n) is 2.02. The Morgan fingerprint density at radius 2 is 2.20 bits per heavy atom. The predicted molar refractivity (Wildman–Crippen MR) is 62.6 cm³/mol. The lowest BCUT2D eigenvalue weighted by Gasteiger charge is -2.13. The van der Waals surface area contributed by atoms with Crippen molar-refractivity contribution in [3.8, 4) is 5.75 Å². The largest absolute Gasteiger partial charge is 0.493 e. The summed E-state index contributed by atoms with van der Waals surface area (Å²) < 4.78 is 5.77. The molecule has 0 spiro atoms. The monoisotopic (exact) mass is 225 g/mol. The van der Waals surface area contributed by atoms with E-state index < -0.39 is 0 Å². The van der Waals surface area contributed by atoms with Crippen molar-refractivity contribution < 1.29 is 4.74 Å². The van der Waals surface area contributed by atoms with Crippen LogP contribution in [0.4, 0.5) is 0 Å². The highest BCUT2D eigenvalue weighted by molar-refractivity contribution is 6.30. The van der Waals surface area contributed by atoms with Gasteiger partial charge in [0.15, 0.2) is 0 Å². The van der Waals surface area contributed by atoms with Gasteiger partial charge in [0.1, 0.15) is 5.75 Å². The summed E-state index contributed by atoms with van der Waals surface area (Å²) in [5.74, 6) is 1.03. The Kier molecular flexibility index (Phi) is 3.49. The molecule has 2 N–H and O–H groups in total. The quantitative estimate of drug-likeness (QED) is 0.840. The molecule has 1 aliphatic rings. The van der Waals surface area contributed by atoms with Gasteiger partial charge in [0.2, 0.25) is 0 Å². The second-order valence-electron chi connectivity index (χ2n) is 3.90. The maximum Gasteiger partial charge on any atom is 0.125 e. The van der Waals surface area contributed by atoms with Crippen LogP contribution in [0.3, 0.4) is 0 Å². The second kappa shape index (κ2) is 4.86. The topological polar surface area (TPSA) is 35.2 Å². The van der Waals surface area contributed by atoms with Crippen molar-refractivity contribution in [3.05, 3.63) is 28.3 Å². The van der Waals surface area contributed by atoms with E-state index in [9.17, 15) is 0 Å². The molecule has 1 aliphatic heterocycles. The molecule has 0 radical (unpaired) electrons. The zero-order valence-corrected chi connectivity index (χ0v) is 9.52. The van der Waals surface area contributed by atoms with Crippen LogP contribution in [0.1, 0.15) is 24.0 Å². The van der Waals surface area contributed by atoms with E-state index in [1.54, 1.807) is 0 Å². The zero-order chi connectivity index (χ0) is 10.7. The highest BCUT2D eigenvalue weighted by Gasteiger charge is 2.14. The van der Waals surface area contributed by atoms with E-state index >= 15 is 0 Å². The van der Waals surface area contributed by atoms with Crippen LogP contribution in [0, 0.1) is 0 Å². The number of hydrogen-bond acceptors (Lipinski definition) is 2. The molecule has 0 aliphatic carbocycles. The summed E-state index contributed by atoms with van der Waals surface area (Å²) >= 11 is 6.07. The van der Waals surface area contributed by atoms with Gasteiger partial charge < -0.3 is 10.5 Å². The fourth-order valence-corrected chi connectivity index (χ4v) is 2.28. The second-order valence-corrected chi connectivity index (χ2v) is 4.33. The molecule has 82 valence electrons. The molecule has 0 saturated carbocycles. The average molecular weight is 226 g/mol. The number of aryl methyl sites for hydroxylation is 1. The molecule has 2 nitrogen and oxygen atoms in total. The Labute approximate surface area is 95.4 Å². The highest BCUT2D eigenvalue weighted by atomic mass is 35.5. The van der Waals surface area contributed by atoms with Crippen molar-refractivity contribution in [2.45, 2.75) is 25.7 Å². The van der Waals surface area contributed by atoms with E-state index in [-0.39, 0.29) is 0 Å². The van der Waals surface area contributed by atoms with Crippen molar-refractivity contribution in [1.82, 2.24) is 0 Å². The molecule has 3 heteroatoms. The molecular formula is C12H16ClNO. The minimum atomic E-state index is 0.635. The summed E-state index contributed by atoms with van der Waals surface area (Å²) in [5, 5.41) is 0.794. The van der Waals surface area contributed by atoms with Gasteiger partial charge in [-0.15, -0.1) is 0 Å². The summed E-state index contributed by atoms with van der Waals surface area (Å²) in [6.07, 6.45) is 4.19. The van der Waals surface area contributed by atoms with E-state index in [4.69, 9.17) is 22.1 Å². The third-order valence-electron chi connectivity index (χ3n) is 2.71. The number of benzene rings is 1. The van der Waals surface area contributed by atoms with Gasteiger partial charge in [-0.3, -0.25) is 0 Å². The molecule has 0 bridgehead atoms. The van der Waals surface area contributed by atoms with Gasteiger partial charge in [-0.25, -0.2) is 0 Å². The third kappa shape index (κ3) is 2.44. The Morgan fingerprint density at radius 1 is 1.33 bits per heavy atom. The lowest BCUT2D eigenvalue weighted by Crippen LogP contribution is -2.06. The number of halogens is 1. The first-order chi connectivity index (χ1) is 7.31. The van der Waals surface area contributed by atoms with Crippen LogP contribution in [-0.2, 0) is 12.8 Å². The van der Waals surface area contributed by atoms with Crippen LogP contribution in [0.15, 0.2) is 12.1 Å². The number of nitrogens with two attached hydrogens (primary N) is 1. The standard InChI is InChI=1S/C12H16ClNO/c13-11-7-9-3-1-2-6-15-12(9)10(8-11)4-5-14/h7-8H,1-6,14H2. The van der Waals surface area contributed by atoms with Gasteiger partial charge in [0.25, 0.3) is 0 Å². The van der Waals surface area contributed by atoms with E-state index in [0.29, 0.717) is 6.54 Å². The molecule has 0 atom stereocenters. The fraction of sp³-hybridized carbons (Fsp3) is 0.500. The van der Waals surface area contributed by atoms with Gasteiger partial charge in [-0.2, -0.15) is 0 Å². The first kappa shape index (κ1) is 10.8. The summed E-state index contributed by atoms with van der Waals surface area (Å²) in [6.45, 7) is 1.45. The predicted octanol–water partition coefficient (Wildman–Crippen LogP) is 2.56. The average Bonchev–Trinajstić information content (AvgIpc) is 2.43. The molecule has 1 heterocycles. The number of rotatable bonds is 2. The molecule has 0 amide bonds. The van der Waals surface area contributed by atoms with Crippen LogP contribution < -0.4 is 10.5 Å². The highest BCUT2D eigenvalue weighted by Crippen LogP contribution is 2.31. The molecule has 0 aromatic heterocycles. The van der Waals surface area contributed by atoms with Crippen LogP contribution in [-0.4, -0.2) is 13.2 Å². The molecule has 0 fully saturated rings. The molecule has 15 heavy (non-hydrogen) atoms. The zero-order valence-electron chi connectivity index (χ0n) is 8.76. The normalized spacial score (nSPS) is 15.3. The summed E-state index contributed by atoms with van der Waals surface area (Å²) in [7, 11) is 0. The summed E-state index contributed by atoms with van der Waals surface area (Å²) in [5.41, 5.74) is 7.98. The Balaban J connectivity index is 2.40.